The summed E-state index contributed by atoms with van der Waals surface area (Å²) in [5, 5.41) is 11.5. The molecule has 1 aromatic rings. The van der Waals surface area contributed by atoms with Crippen LogP contribution in [0.5, 0.6) is 0 Å². The van der Waals surface area contributed by atoms with Gasteiger partial charge >= 0.3 is 5.97 Å². The van der Waals surface area contributed by atoms with E-state index in [4.69, 9.17) is 5.11 Å². The van der Waals surface area contributed by atoms with E-state index in [0.717, 1.165) is 12.1 Å². The van der Waals surface area contributed by atoms with E-state index in [0.29, 0.717) is 12.8 Å². The molecule has 1 aliphatic rings. The minimum absolute atomic E-state index is 0.126. The maximum Gasteiger partial charge on any atom is 0.337 e. The minimum Gasteiger partial charge on any atom is -0.478 e. The third-order valence-corrected chi connectivity index (χ3v) is 2.85. The largest absolute Gasteiger partial charge is 0.478 e. The summed E-state index contributed by atoms with van der Waals surface area (Å²) < 4.78 is 13.0. The highest BCUT2D eigenvalue weighted by molar-refractivity contribution is 6.01. The van der Waals surface area contributed by atoms with Gasteiger partial charge in [-0.2, -0.15) is 0 Å². The van der Waals surface area contributed by atoms with Gasteiger partial charge in [0.15, 0.2) is 0 Å². The van der Waals surface area contributed by atoms with Gasteiger partial charge in [0.25, 0.3) is 0 Å². The first kappa shape index (κ1) is 12.3. The van der Waals surface area contributed by atoms with Crippen LogP contribution in [0.1, 0.15) is 23.2 Å². The summed E-state index contributed by atoms with van der Waals surface area (Å²) in [6, 6.07) is 3.28. The fourth-order valence-corrected chi connectivity index (χ4v) is 1.87. The normalized spacial score (nSPS) is 14.7. The summed E-state index contributed by atoms with van der Waals surface area (Å²) in [6.07, 6.45) is 5.12. The van der Waals surface area contributed by atoms with Crippen LogP contribution in [-0.4, -0.2) is 17.0 Å². The molecule has 1 aliphatic carbocycles. The highest BCUT2D eigenvalue weighted by Gasteiger charge is 2.21. The monoisotopic (exact) mass is 249 g/mol. The summed E-state index contributed by atoms with van der Waals surface area (Å²) in [6.45, 7) is 0. The molecule has 1 aromatic carbocycles. The Kier molecular flexibility index (Phi) is 3.41. The highest BCUT2D eigenvalue weighted by atomic mass is 19.1. The van der Waals surface area contributed by atoms with Crippen molar-refractivity contribution in [1.82, 2.24) is 0 Å². The third kappa shape index (κ3) is 2.56. The van der Waals surface area contributed by atoms with Crippen LogP contribution in [0.2, 0.25) is 0 Å². The van der Waals surface area contributed by atoms with Crippen molar-refractivity contribution in [3.8, 4) is 0 Å². The number of nitrogens with one attached hydrogen (secondary N) is 1. The van der Waals surface area contributed by atoms with Gasteiger partial charge in [0.05, 0.1) is 11.3 Å². The number of halogens is 1. The second-order valence-corrected chi connectivity index (χ2v) is 4.12. The number of benzene rings is 1. The lowest BCUT2D eigenvalue weighted by Crippen LogP contribution is -2.22. The Bertz CT molecular complexity index is 517. The predicted octanol–water partition coefficient (Wildman–Crippen LogP) is 2.43. The van der Waals surface area contributed by atoms with E-state index in [1.54, 1.807) is 0 Å². The van der Waals surface area contributed by atoms with Crippen molar-refractivity contribution in [2.45, 2.75) is 12.8 Å². The first-order valence-electron chi connectivity index (χ1n) is 5.56. The molecule has 0 bridgehead atoms. The zero-order valence-corrected chi connectivity index (χ0v) is 9.52. The topological polar surface area (TPSA) is 66.4 Å². The molecule has 0 atom stereocenters. The zero-order chi connectivity index (χ0) is 13.1. The van der Waals surface area contributed by atoms with Gasteiger partial charge in [-0.05, 0) is 31.0 Å². The van der Waals surface area contributed by atoms with Crippen LogP contribution in [-0.2, 0) is 4.79 Å². The summed E-state index contributed by atoms with van der Waals surface area (Å²) in [7, 11) is 0. The quantitative estimate of drug-likeness (QED) is 0.808. The molecular formula is C13H12FNO3. The van der Waals surface area contributed by atoms with Crippen molar-refractivity contribution >= 4 is 17.6 Å². The van der Waals surface area contributed by atoms with E-state index in [9.17, 15) is 14.0 Å². The smallest absolute Gasteiger partial charge is 0.337 e. The molecule has 0 saturated heterocycles. The van der Waals surface area contributed by atoms with E-state index >= 15 is 0 Å². The van der Waals surface area contributed by atoms with Gasteiger partial charge in [0, 0.05) is 5.92 Å². The summed E-state index contributed by atoms with van der Waals surface area (Å²) in [4.78, 5) is 22.8. The predicted molar refractivity (Wildman–Crippen MR) is 63.9 cm³/mol. The van der Waals surface area contributed by atoms with Gasteiger partial charge < -0.3 is 10.4 Å². The van der Waals surface area contributed by atoms with Crippen LogP contribution < -0.4 is 5.32 Å². The number of aromatic carboxylic acids is 1. The Hall–Kier alpha value is -2.17. The van der Waals surface area contributed by atoms with E-state index in [-0.39, 0.29) is 23.1 Å². The van der Waals surface area contributed by atoms with Crippen LogP contribution in [0.15, 0.2) is 30.4 Å². The fourth-order valence-electron chi connectivity index (χ4n) is 1.87. The Morgan fingerprint density at radius 1 is 1.28 bits per heavy atom. The van der Waals surface area contributed by atoms with Crippen molar-refractivity contribution in [2.75, 3.05) is 5.32 Å². The number of hydrogen-bond donors (Lipinski definition) is 2. The Labute approximate surface area is 103 Å². The second-order valence-electron chi connectivity index (χ2n) is 4.12. The molecule has 2 rings (SSSR count). The molecule has 0 aromatic heterocycles. The molecule has 2 N–H and O–H groups in total. The van der Waals surface area contributed by atoms with E-state index < -0.39 is 11.8 Å². The molecule has 1 amide bonds. The van der Waals surface area contributed by atoms with Gasteiger partial charge in [0.1, 0.15) is 5.82 Å². The first-order valence-corrected chi connectivity index (χ1v) is 5.56. The number of carboxylic acids is 1. The van der Waals surface area contributed by atoms with Crippen LogP contribution >= 0.6 is 0 Å². The van der Waals surface area contributed by atoms with Crippen molar-refractivity contribution in [2.24, 2.45) is 5.92 Å². The average molecular weight is 249 g/mol. The number of hydrogen-bond acceptors (Lipinski definition) is 2. The summed E-state index contributed by atoms with van der Waals surface area (Å²) in [5.41, 5.74) is -0.116. The second kappa shape index (κ2) is 5.00. The van der Waals surface area contributed by atoms with Crippen LogP contribution in [0.4, 0.5) is 10.1 Å². The number of carbonyl (C=O) groups is 2. The number of allylic oxidation sites excluding steroid dienone is 2. The van der Waals surface area contributed by atoms with Gasteiger partial charge in [0.2, 0.25) is 5.91 Å². The molecular weight excluding hydrogens is 237 g/mol. The number of rotatable bonds is 3. The van der Waals surface area contributed by atoms with Crippen LogP contribution in [0.3, 0.4) is 0 Å². The zero-order valence-electron chi connectivity index (χ0n) is 9.52. The maximum atomic E-state index is 13.0. The molecule has 0 saturated carbocycles. The standard InChI is InChI=1S/C13H12FNO3/c14-9-5-6-11(10(7-9)13(17)18)15-12(16)8-3-1-2-4-8/h1-2,5-8H,3-4H2,(H,15,16)(H,17,18). The Morgan fingerprint density at radius 2 is 1.94 bits per heavy atom. The number of anilines is 1. The molecule has 0 unspecified atom stereocenters. The third-order valence-electron chi connectivity index (χ3n) is 2.85. The molecule has 94 valence electrons. The van der Waals surface area contributed by atoms with E-state index in [1.807, 2.05) is 12.2 Å². The molecule has 0 aliphatic heterocycles. The SMILES string of the molecule is O=C(O)c1cc(F)ccc1NC(=O)C1CC=CC1. The Balaban J connectivity index is 2.18. The van der Waals surface area contributed by atoms with Gasteiger partial charge in [-0.25, -0.2) is 9.18 Å². The summed E-state index contributed by atoms with van der Waals surface area (Å²) >= 11 is 0. The molecule has 0 radical (unpaired) electrons. The van der Waals surface area contributed by atoms with Gasteiger partial charge in [-0.15, -0.1) is 0 Å². The minimum atomic E-state index is -1.27. The van der Waals surface area contributed by atoms with Crippen molar-refractivity contribution in [3.05, 3.63) is 41.7 Å². The fraction of sp³-hybridized carbons (Fsp3) is 0.231. The van der Waals surface area contributed by atoms with Crippen LogP contribution in [0.25, 0.3) is 0 Å². The maximum absolute atomic E-state index is 13.0. The van der Waals surface area contributed by atoms with E-state index in [1.165, 1.54) is 6.07 Å². The summed E-state index contributed by atoms with van der Waals surface area (Å²) in [5.74, 6) is -2.33. The highest BCUT2D eigenvalue weighted by Crippen LogP contribution is 2.22. The molecule has 0 spiro atoms. The lowest BCUT2D eigenvalue weighted by atomic mass is 10.1. The number of carboxylic acid groups (broad SMARTS) is 1. The van der Waals surface area contributed by atoms with E-state index in [2.05, 4.69) is 5.32 Å². The lowest BCUT2D eigenvalue weighted by molar-refractivity contribution is -0.119. The van der Waals surface area contributed by atoms with Crippen molar-refractivity contribution in [1.29, 1.82) is 0 Å². The lowest BCUT2D eigenvalue weighted by Gasteiger charge is -2.12. The molecule has 0 heterocycles. The number of amides is 1. The molecule has 0 fully saturated rings. The van der Waals surface area contributed by atoms with Gasteiger partial charge in [-0.1, -0.05) is 12.2 Å². The van der Waals surface area contributed by atoms with Gasteiger partial charge in [-0.3, -0.25) is 4.79 Å². The van der Waals surface area contributed by atoms with Crippen molar-refractivity contribution < 1.29 is 19.1 Å². The molecule has 18 heavy (non-hydrogen) atoms. The average Bonchev–Trinajstić information content (AvgIpc) is 2.84. The molecule has 4 nitrogen and oxygen atoms in total. The molecule has 5 heteroatoms. The first-order chi connectivity index (χ1) is 8.58. The number of carbonyl (C=O) groups excluding carboxylic acids is 1. The van der Waals surface area contributed by atoms with Crippen molar-refractivity contribution in [3.63, 3.8) is 0 Å². The Morgan fingerprint density at radius 3 is 2.56 bits per heavy atom. The van der Waals surface area contributed by atoms with Crippen LogP contribution in [0, 0.1) is 11.7 Å².